The first-order valence-electron chi connectivity index (χ1n) is 7.59. The molecule has 0 unspecified atom stereocenters. The maximum Gasteiger partial charge on any atom is 0.307 e. The largest absolute Gasteiger partial charge is 0.481 e. The van der Waals surface area contributed by atoms with E-state index in [1.54, 1.807) is 38.1 Å². The number of hydrogen-bond donors (Lipinski definition) is 3. The number of nitrogens with one attached hydrogen (secondary N) is 2. The predicted octanol–water partition coefficient (Wildman–Crippen LogP) is 2.12. The molecule has 1 aromatic rings. The lowest BCUT2D eigenvalue weighted by atomic mass is 10.1. The number of anilines is 1. The van der Waals surface area contributed by atoms with E-state index < -0.39 is 23.2 Å². The fraction of sp³-hybridized carbons (Fsp3) is 0.471. The average Bonchev–Trinajstić information content (AvgIpc) is 3.02. The molecule has 23 heavy (non-hydrogen) atoms. The molecule has 124 valence electrons. The van der Waals surface area contributed by atoms with Crippen LogP contribution >= 0.6 is 0 Å². The van der Waals surface area contributed by atoms with Crippen molar-refractivity contribution in [2.45, 2.75) is 33.7 Å². The number of carbonyl (C=O) groups excluding carboxylic acids is 2. The second kappa shape index (κ2) is 6.02. The van der Waals surface area contributed by atoms with Gasteiger partial charge in [-0.3, -0.25) is 14.4 Å². The Hall–Kier alpha value is -2.37. The molecule has 2 atom stereocenters. The Morgan fingerprint density at radius 1 is 1.09 bits per heavy atom. The number of rotatable bonds is 5. The molecule has 0 spiro atoms. The second-order valence-corrected chi connectivity index (χ2v) is 6.81. The molecule has 0 saturated heterocycles. The lowest BCUT2D eigenvalue weighted by Crippen LogP contribution is -2.30. The zero-order valence-corrected chi connectivity index (χ0v) is 13.7. The molecule has 1 aliphatic rings. The highest BCUT2D eigenvalue weighted by atomic mass is 16.4. The lowest BCUT2D eigenvalue weighted by Gasteiger charge is -2.09. The van der Waals surface area contributed by atoms with Gasteiger partial charge in [0, 0.05) is 17.3 Å². The van der Waals surface area contributed by atoms with E-state index in [1.165, 1.54) is 0 Å². The molecule has 2 rings (SSSR count). The van der Waals surface area contributed by atoms with Crippen molar-refractivity contribution in [3.63, 3.8) is 0 Å². The maximum absolute atomic E-state index is 12.2. The van der Waals surface area contributed by atoms with Crippen molar-refractivity contribution in [1.82, 2.24) is 5.32 Å². The molecule has 6 heteroatoms. The van der Waals surface area contributed by atoms with Gasteiger partial charge in [-0.2, -0.15) is 0 Å². The minimum absolute atomic E-state index is 0.0481. The Labute approximate surface area is 135 Å². The highest BCUT2D eigenvalue weighted by Gasteiger charge is 2.65. The summed E-state index contributed by atoms with van der Waals surface area (Å²) in [6.45, 7) is 7.30. The minimum atomic E-state index is -0.948. The SMILES string of the molecule is CC(C)NC(=O)c1ccc(NC(=O)[C@H]2[C@H](C(=O)O)C2(C)C)cc1. The van der Waals surface area contributed by atoms with Gasteiger partial charge >= 0.3 is 5.97 Å². The molecule has 6 nitrogen and oxygen atoms in total. The second-order valence-electron chi connectivity index (χ2n) is 6.81. The highest BCUT2D eigenvalue weighted by molar-refractivity contribution is 6.00. The van der Waals surface area contributed by atoms with Crippen LogP contribution in [0.5, 0.6) is 0 Å². The van der Waals surface area contributed by atoms with Crippen LogP contribution in [0.3, 0.4) is 0 Å². The smallest absolute Gasteiger partial charge is 0.307 e. The number of benzene rings is 1. The summed E-state index contributed by atoms with van der Waals surface area (Å²) in [4.78, 5) is 35.2. The fourth-order valence-corrected chi connectivity index (χ4v) is 2.86. The molecule has 0 aromatic heterocycles. The zero-order valence-electron chi connectivity index (χ0n) is 13.7. The van der Waals surface area contributed by atoms with Gasteiger partial charge in [0.25, 0.3) is 5.91 Å². The normalized spacial score (nSPS) is 21.6. The third kappa shape index (κ3) is 3.52. The molecule has 2 amide bonds. The molecule has 1 fully saturated rings. The molecule has 0 heterocycles. The van der Waals surface area contributed by atoms with Gasteiger partial charge in [-0.25, -0.2) is 0 Å². The summed E-state index contributed by atoms with van der Waals surface area (Å²) in [5, 5.41) is 14.6. The Morgan fingerprint density at radius 3 is 2.09 bits per heavy atom. The van der Waals surface area contributed by atoms with Crippen molar-refractivity contribution in [2.75, 3.05) is 5.32 Å². The highest BCUT2D eigenvalue weighted by Crippen LogP contribution is 2.58. The van der Waals surface area contributed by atoms with Crippen LogP contribution in [0, 0.1) is 17.3 Å². The van der Waals surface area contributed by atoms with Crippen LogP contribution in [0.15, 0.2) is 24.3 Å². The summed E-state index contributed by atoms with van der Waals surface area (Å²) >= 11 is 0. The van der Waals surface area contributed by atoms with Crippen molar-refractivity contribution in [3.8, 4) is 0 Å². The van der Waals surface area contributed by atoms with E-state index in [0.29, 0.717) is 11.3 Å². The van der Waals surface area contributed by atoms with Crippen molar-refractivity contribution < 1.29 is 19.5 Å². The van der Waals surface area contributed by atoms with Crippen LogP contribution in [-0.4, -0.2) is 28.9 Å². The van der Waals surface area contributed by atoms with Crippen LogP contribution in [-0.2, 0) is 9.59 Å². The number of carboxylic acids is 1. The van der Waals surface area contributed by atoms with E-state index in [0.717, 1.165) is 0 Å². The fourth-order valence-electron chi connectivity index (χ4n) is 2.86. The predicted molar refractivity (Wildman–Crippen MR) is 86.1 cm³/mol. The van der Waals surface area contributed by atoms with Gasteiger partial charge in [-0.15, -0.1) is 0 Å². The van der Waals surface area contributed by atoms with E-state index in [-0.39, 0.29) is 17.9 Å². The van der Waals surface area contributed by atoms with Gasteiger partial charge in [-0.1, -0.05) is 13.8 Å². The Morgan fingerprint density at radius 2 is 1.65 bits per heavy atom. The van der Waals surface area contributed by atoms with Crippen LogP contribution in [0.25, 0.3) is 0 Å². The van der Waals surface area contributed by atoms with Gasteiger partial charge in [0.05, 0.1) is 11.8 Å². The van der Waals surface area contributed by atoms with Crippen molar-refractivity contribution >= 4 is 23.5 Å². The van der Waals surface area contributed by atoms with Gasteiger partial charge in [-0.05, 0) is 43.5 Å². The molecule has 0 aliphatic heterocycles. The molecule has 3 N–H and O–H groups in total. The van der Waals surface area contributed by atoms with Crippen LogP contribution in [0.1, 0.15) is 38.1 Å². The maximum atomic E-state index is 12.2. The molecule has 0 bridgehead atoms. The average molecular weight is 318 g/mol. The number of carboxylic acid groups (broad SMARTS) is 1. The van der Waals surface area contributed by atoms with E-state index in [4.69, 9.17) is 5.11 Å². The van der Waals surface area contributed by atoms with Gasteiger partial charge < -0.3 is 15.7 Å². The van der Waals surface area contributed by atoms with Gasteiger partial charge in [0.2, 0.25) is 5.91 Å². The number of carbonyl (C=O) groups is 3. The Kier molecular flexibility index (Phi) is 4.45. The number of hydrogen-bond acceptors (Lipinski definition) is 3. The van der Waals surface area contributed by atoms with Crippen molar-refractivity contribution in [1.29, 1.82) is 0 Å². The number of aliphatic carboxylic acids is 1. The van der Waals surface area contributed by atoms with Crippen molar-refractivity contribution in [2.24, 2.45) is 17.3 Å². The molecular formula is C17H22N2O4. The molecular weight excluding hydrogens is 296 g/mol. The third-order valence-corrected chi connectivity index (χ3v) is 4.21. The van der Waals surface area contributed by atoms with E-state index >= 15 is 0 Å². The zero-order chi connectivity index (χ0) is 17.4. The van der Waals surface area contributed by atoms with Gasteiger partial charge in [0.1, 0.15) is 0 Å². The quantitative estimate of drug-likeness (QED) is 0.775. The first-order valence-corrected chi connectivity index (χ1v) is 7.59. The molecule has 1 aromatic carbocycles. The number of amides is 2. The summed E-state index contributed by atoms with van der Waals surface area (Å²) in [5.41, 5.74) is 0.516. The summed E-state index contributed by atoms with van der Waals surface area (Å²) in [6, 6.07) is 6.57. The minimum Gasteiger partial charge on any atom is -0.481 e. The molecule has 0 radical (unpaired) electrons. The topological polar surface area (TPSA) is 95.5 Å². The van der Waals surface area contributed by atoms with Crippen molar-refractivity contribution in [3.05, 3.63) is 29.8 Å². The summed E-state index contributed by atoms with van der Waals surface area (Å²) in [7, 11) is 0. The van der Waals surface area contributed by atoms with E-state index in [1.807, 2.05) is 13.8 Å². The van der Waals surface area contributed by atoms with Crippen LogP contribution in [0.2, 0.25) is 0 Å². The summed E-state index contributed by atoms with van der Waals surface area (Å²) in [5.74, 6) is -2.62. The molecule has 1 saturated carbocycles. The van der Waals surface area contributed by atoms with Crippen LogP contribution in [0.4, 0.5) is 5.69 Å². The first kappa shape index (κ1) is 17.0. The summed E-state index contributed by atoms with van der Waals surface area (Å²) in [6.07, 6.45) is 0. The summed E-state index contributed by atoms with van der Waals surface area (Å²) < 4.78 is 0. The van der Waals surface area contributed by atoms with E-state index in [2.05, 4.69) is 10.6 Å². The third-order valence-electron chi connectivity index (χ3n) is 4.21. The first-order chi connectivity index (χ1) is 10.6. The Bertz CT molecular complexity index is 634. The van der Waals surface area contributed by atoms with E-state index in [9.17, 15) is 14.4 Å². The molecule has 1 aliphatic carbocycles. The Balaban J connectivity index is 2.01. The van der Waals surface area contributed by atoms with Crippen LogP contribution < -0.4 is 10.6 Å². The monoisotopic (exact) mass is 318 g/mol. The lowest BCUT2D eigenvalue weighted by molar-refractivity contribution is -0.140. The standard InChI is InChI=1S/C17H22N2O4/c1-9(2)18-14(20)10-5-7-11(8-6-10)19-15(21)12-13(16(22)23)17(12,3)4/h5-9,12-13H,1-4H3,(H,18,20)(H,19,21)(H,22,23)/t12-,13-/m1/s1. The van der Waals surface area contributed by atoms with Gasteiger partial charge in [0.15, 0.2) is 0 Å².